The lowest BCUT2D eigenvalue weighted by atomic mass is 10.3. The van der Waals surface area contributed by atoms with Gasteiger partial charge in [0.1, 0.15) is 10.7 Å². The Morgan fingerprint density at radius 1 is 1.32 bits per heavy atom. The van der Waals surface area contributed by atoms with Crippen LogP contribution in [-0.2, 0) is 10.0 Å². The summed E-state index contributed by atoms with van der Waals surface area (Å²) in [6.45, 7) is 1.12. The number of hydrogen-bond acceptors (Lipinski definition) is 3. The molecular formula is C12H16ClN3O2S. The Labute approximate surface area is 118 Å². The second-order valence-electron chi connectivity index (χ2n) is 4.32. The third-order valence-corrected chi connectivity index (χ3v) is 5.17. The quantitative estimate of drug-likeness (QED) is 0.522. The van der Waals surface area contributed by atoms with E-state index in [9.17, 15) is 8.42 Å². The zero-order valence-electron chi connectivity index (χ0n) is 10.4. The van der Waals surface area contributed by atoms with Crippen molar-refractivity contribution in [3.8, 4) is 0 Å². The predicted molar refractivity (Wildman–Crippen MR) is 76.4 cm³/mol. The fraction of sp³-hybridized carbons (Fsp3) is 0.417. The van der Waals surface area contributed by atoms with Crippen molar-refractivity contribution in [1.82, 2.24) is 4.31 Å². The van der Waals surface area contributed by atoms with Gasteiger partial charge in [0.2, 0.25) is 10.0 Å². The molecule has 0 saturated carbocycles. The molecule has 2 rings (SSSR count). The van der Waals surface area contributed by atoms with Crippen LogP contribution >= 0.6 is 11.6 Å². The number of sulfonamides is 1. The minimum atomic E-state index is -3.50. The van der Waals surface area contributed by atoms with E-state index in [1.165, 1.54) is 4.31 Å². The van der Waals surface area contributed by atoms with Crippen LogP contribution in [0.2, 0.25) is 0 Å². The van der Waals surface area contributed by atoms with Crippen LogP contribution in [-0.4, -0.2) is 37.5 Å². The van der Waals surface area contributed by atoms with Crippen molar-refractivity contribution in [2.45, 2.75) is 17.7 Å². The van der Waals surface area contributed by atoms with Crippen molar-refractivity contribution >= 4 is 33.1 Å². The summed E-state index contributed by atoms with van der Waals surface area (Å²) in [5.74, 6) is 0.267. The van der Waals surface area contributed by atoms with Gasteiger partial charge in [0.15, 0.2) is 0 Å². The number of aliphatic imine (C=N–C) groups is 1. The second kappa shape index (κ2) is 5.90. The molecule has 0 bridgehead atoms. The molecule has 1 saturated heterocycles. The van der Waals surface area contributed by atoms with Crippen molar-refractivity contribution in [3.63, 3.8) is 0 Å². The molecule has 0 aliphatic carbocycles. The Morgan fingerprint density at radius 2 is 1.95 bits per heavy atom. The lowest BCUT2D eigenvalue weighted by Crippen LogP contribution is -2.28. The number of benzene rings is 1. The Morgan fingerprint density at radius 3 is 2.58 bits per heavy atom. The van der Waals surface area contributed by atoms with Crippen molar-refractivity contribution in [3.05, 3.63) is 24.3 Å². The number of alkyl halides is 1. The highest BCUT2D eigenvalue weighted by Gasteiger charge is 2.29. The van der Waals surface area contributed by atoms with Gasteiger partial charge in [-0.05, 0) is 25.0 Å². The first-order valence-corrected chi connectivity index (χ1v) is 8.01. The average molecular weight is 302 g/mol. The molecule has 104 valence electrons. The van der Waals surface area contributed by atoms with E-state index in [0.717, 1.165) is 12.8 Å². The molecule has 2 N–H and O–H groups in total. The van der Waals surface area contributed by atoms with E-state index in [1.807, 2.05) is 0 Å². The molecule has 1 heterocycles. The summed E-state index contributed by atoms with van der Waals surface area (Å²) < 4.78 is 26.5. The molecule has 1 aromatic carbocycles. The maximum absolute atomic E-state index is 12.5. The van der Waals surface area contributed by atoms with Crippen LogP contribution in [0, 0.1) is 0 Å². The summed E-state index contributed by atoms with van der Waals surface area (Å²) in [6.07, 6.45) is 1.79. The molecule has 1 aliphatic heterocycles. The SMILES string of the molecule is NC(CCl)=Nc1ccccc1S(=O)(=O)N1CCCC1. The lowest BCUT2D eigenvalue weighted by Gasteiger charge is -2.16. The standard InChI is InChI=1S/C12H16ClN3O2S/c13-9-12(14)15-10-5-1-2-6-11(10)19(17,18)16-7-3-4-8-16/h1-2,5-6H,3-4,7-9H2,(H2,14,15). The van der Waals surface area contributed by atoms with Crippen LogP contribution in [0.25, 0.3) is 0 Å². The van der Waals surface area contributed by atoms with Gasteiger partial charge in [-0.15, -0.1) is 11.6 Å². The topological polar surface area (TPSA) is 75.8 Å². The molecule has 0 radical (unpaired) electrons. The number of hydrogen-bond donors (Lipinski definition) is 1. The monoisotopic (exact) mass is 301 g/mol. The predicted octanol–water partition coefficient (Wildman–Crippen LogP) is 1.70. The Hall–Kier alpha value is -1.11. The summed E-state index contributed by atoms with van der Waals surface area (Å²) >= 11 is 5.58. The van der Waals surface area contributed by atoms with Crippen LogP contribution in [0.5, 0.6) is 0 Å². The van der Waals surface area contributed by atoms with E-state index in [4.69, 9.17) is 17.3 Å². The number of halogens is 1. The van der Waals surface area contributed by atoms with Crippen molar-refractivity contribution in [2.75, 3.05) is 19.0 Å². The van der Waals surface area contributed by atoms with Crippen LogP contribution in [0.3, 0.4) is 0 Å². The smallest absolute Gasteiger partial charge is 0.245 e. The summed E-state index contributed by atoms with van der Waals surface area (Å²) in [7, 11) is -3.50. The highest BCUT2D eigenvalue weighted by Crippen LogP contribution is 2.28. The molecule has 0 aromatic heterocycles. The molecule has 19 heavy (non-hydrogen) atoms. The molecule has 1 aliphatic rings. The van der Waals surface area contributed by atoms with E-state index >= 15 is 0 Å². The third-order valence-electron chi connectivity index (χ3n) is 2.95. The number of nitrogens with two attached hydrogens (primary N) is 1. The number of amidine groups is 1. The summed E-state index contributed by atoms with van der Waals surface area (Å²) in [5, 5.41) is 0. The van der Waals surface area contributed by atoms with E-state index < -0.39 is 10.0 Å². The summed E-state index contributed by atoms with van der Waals surface area (Å²) in [6, 6.07) is 6.58. The zero-order valence-corrected chi connectivity index (χ0v) is 12.0. The second-order valence-corrected chi connectivity index (χ2v) is 6.49. The molecule has 7 heteroatoms. The van der Waals surface area contributed by atoms with Gasteiger partial charge in [0, 0.05) is 13.1 Å². The highest BCUT2D eigenvalue weighted by molar-refractivity contribution is 7.89. The molecule has 0 amide bonds. The molecule has 0 atom stereocenters. The van der Waals surface area contributed by atoms with Gasteiger partial charge in [-0.2, -0.15) is 4.31 Å². The van der Waals surface area contributed by atoms with E-state index in [2.05, 4.69) is 4.99 Å². The van der Waals surface area contributed by atoms with Crippen molar-refractivity contribution in [1.29, 1.82) is 0 Å². The van der Waals surface area contributed by atoms with Crippen LogP contribution in [0.1, 0.15) is 12.8 Å². The van der Waals surface area contributed by atoms with Gasteiger partial charge in [0.25, 0.3) is 0 Å². The number of rotatable bonds is 4. The van der Waals surface area contributed by atoms with Gasteiger partial charge < -0.3 is 5.73 Å². The van der Waals surface area contributed by atoms with Gasteiger partial charge in [0.05, 0.1) is 11.6 Å². The van der Waals surface area contributed by atoms with E-state index in [1.54, 1.807) is 24.3 Å². The van der Waals surface area contributed by atoms with Gasteiger partial charge >= 0.3 is 0 Å². The minimum absolute atomic E-state index is 0.0676. The van der Waals surface area contributed by atoms with Gasteiger partial charge in [-0.25, -0.2) is 13.4 Å². The van der Waals surface area contributed by atoms with Crippen LogP contribution in [0.15, 0.2) is 34.2 Å². The fourth-order valence-corrected chi connectivity index (χ4v) is 3.73. The van der Waals surface area contributed by atoms with E-state index in [0.29, 0.717) is 18.8 Å². The van der Waals surface area contributed by atoms with Gasteiger partial charge in [-0.1, -0.05) is 12.1 Å². The molecule has 1 fully saturated rings. The largest absolute Gasteiger partial charge is 0.386 e. The van der Waals surface area contributed by atoms with Gasteiger partial charge in [-0.3, -0.25) is 0 Å². The molecule has 0 spiro atoms. The Bertz CT molecular complexity index is 580. The van der Waals surface area contributed by atoms with Crippen molar-refractivity contribution < 1.29 is 8.42 Å². The fourth-order valence-electron chi connectivity index (χ4n) is 2.02. The third kappa shape index (κ3) is 3.08. The first kappa shape index (κ1) is 14.3. The maximum Gasteiger partial charge on any atom is 0.245 e. The zero-order chi connectivity index (χ0) is 13.9. The summed E-state index contributed by atoms with van der Waals surface area (Å²) in [4.78, 5) is 4.26. The summed E-state index contributed by atoms with van der Waals surface area (Å²) in [5.41, 5.74) is 5.92. The first-order chi connectivity index (χ1) is 9.05. The molecular weight excluding hydrogens is 286 g/mol. The Balaban J connectivity index is 2.44. The molecule has 1 aromatic rings. The molecule has 0 unspecified atom stereocenters. The van der Waals surface area contributed by atoms with Crippen LogP contribution in [0.4, 0.5) is 5.69 Å². The normalized spacial score (nSPS) is 17.8. The lowest BCUT2D eigenvalue weighted by molar-refractivity contribution is 0.477. The highest BCUT2D eigenvalue weighted by atomic mass is 35.5. The average Bonchev–Trinajstić information content (AvgIpc) is 2.93. The maximum atomic E-state index is 12.5. The minimum Gasteiger partial charge on any atom is -0.386 e. The Kier molecular flexibility index (Phi) is 4.44. The van der Waals surface area contributed by atoms with E-state index in [-0.39, 0.29) is 16.6 Å². The van der Waals surface area contributed by atoms with Crippen LogP contribution < -0.4 is 5.73 Å². The van der Waals surface area contributed by atoms with Crippen molar-refractivity contribution in [2.24, 2.45) is 10.7 Å². The molecule has 5 nitrogen and oxygen atoms in total. The number of nitrogens with zero attached hydrogens (tertiary/aromatic N) is 2. The first-order valence-electron chi connectivity index (χ1n) is 6.04. The number of para-hydroxylation sites is 1.